The van der Waals surface area contributed by atoms with Gasteiger partial charge in [0.15, 0.2) is 5.92 Å². The summed E-state index contributed by atoms with van der Waals surface area (Å²) < 4.78 is 4.62. The SMILES string of the molecule is CCCC1OC(=O)C(=O)C1C(=O)O. The van der Waals surface area contributed by atoms with Crippen LogP contribution in [-0.4, -0.2) is 28.9 Å². The van der Waals surface area contributed by atoms with Crippen molar-refractivity contribution in [2.75, 3.05) is 0 Å². The van der Waals surface area contributed by atoms with Crippen molar-refractivity contribution in [3.05, 3.63) is 0 Å². The van der Waals surface area contributed by atoms with Crippen molar-refractivity contribution < 1.29 is 24.2 Å². The van der Waals surface area contributed by atoms with Crippen molar-refractivity contribution in [2.24, 2.45) is 5.92 Å². The summed E-state index contributed by atoms with van der Waals surface area (Å²) in [7, 11) is 0. The highest BCUT2D eigenvalue weighted by molar-refractivity contribution is 6.39. The molecule has 1 rings (SSSR count). The van der Waals surface area contributed by atoms with Gasteiger partial charge in [-0.2, -0.15) is 0 Å². The maximum atomic E-state index is 11.0. The van der Waals surface area contributed by atoms with Crippen molar-refractivity contribution in [3.8, 4) is 0 Å². The van der Waals surface area contributed by atoms with E-state index in [0.29, 0.717) is 12.8 Å². The number of ketones is 1. The molecule has 2 unspecified atom stereocenters. The molecule has 2 atom stereocenters. The molecule has 1 saturated heterocycles. The van der Waals surface area contributed by atoms with Gasteiger partial charge in [0.1, 0.15) is 6.10 Å². The van der Waals surface area contributed by atoms with Crippen molar-refractivity contribution in [3.63, 3.8) is 0 Å². The molecule has 0 aliphatic carbocycles. The minimum absolute atomic E-state index is 0.411. The molecule has 13 heavy (non-hydrogen) atoms. The van der Waals surface area contributed by atoms with E-state index >= 15 is 0 Å². The van der Waals surface area contributed by atoms with Crippen LogP contribution in [0.15, 0.2) is 0 Å². The number of carboxylic acids is 1. The Bertz CT molecular complexity index is 257. The highest BCUT2D eigenvalue weighted by atomic mass is 16.6. The quantitative estimate of drug-likeness (QED) is 0.380. The first-order valence-corrected chi connectivity index (χ1v) is 4.05. The topological polar surface area (TPSA) is 80.7 Å². The smallest absolute Gasteiger partial charge is 0.376 e. The van der Waals surface area contributed by atoms with Gasteiger partial charge in [0.2, 0.25) is 0 Å². The summed E-state index contributed by atoms with van der Waals surface area (Å²) in [5.41, 5.74) is 0. The maximum absolute atomic E-state index is 11.0. The Morgan fingerprint density at radius 1 is 1.54 bits per heavy atom. The number of hydrogen-bond acceptors (Lipinski definition) is 4. The van der Waals surface area contributed by atoms with Crippen molar-refractivity contribution >= 4 is 17.7 Å². The number of ether oxygens (including phenoxy) is 1. The van der Waals surface area contributed by atoms with E-state index in [0.717, 1.165) is 0 Å². The van der Waals surface area contributed by atoms with Crippen LogP contribution in [0.3, 0.4) is 0 Å². The van der Waals surface area contributed by atoms with E-state index in [1.807, 2.05) is 6.92 Å². The lowest BCUT2D eigenvalue weighted by Gasteiger charge is -2.10. The second kappa shape index (κ2) is 3.55. The number of carbonyl (C=O) groups is 3. The molecule has 1 aliphatic rings. The lowest BCUT2D eigenvalue weighted by atomic mass is 9.97. The molecule has 1 fully saturated rings. The molecule has 1 aliphatic heterocycles. The molecule has 5 heteroatoms. The number of carboxylic acid groups (broad SMARTS) is 1. The van der Waals surface area contributed by atoms with Gasteiger partial charge in [0.05, 0.1) is 0 Å². The Balaban J connectivity index is 2.80. The monoisotopic (exact) mass is 186 g/mol. The summed E-state index contributed by atoms with van der Waals surface area (Å²) in [6, 6.07) is 0. The summed E-state index contributed by atoms with van der Waals surface area (Å²) in [4.78, 5) is 32.3. The fraction of sp³-hybridized carbons (Fsp3) is 0.625. The van der Waals surface area contributed by atoms with Gasteiger partial charge < -0.3 is 9.84 Å². The number of Topliss-reactive ketones (excluding diaryl/α,β-unsaturated/α-hetero) is 1. The zero-order chi connectivity index (χ0) is 10.0. The van der Waals surface area contributed by atoms with E-state index in [2.05, 4.69) is 4.74 Å². The molecule has 1 N–H and O–H groups in total. The zero-order valence-corrected chi connectivity index (χ0v) is 7.15. The summed E-state index contributed by atoms with van der Waals surface area (Å²) in [5, 5.41) is 8.65. The standard InChI is InChI=1S/C8H10O5/c1-2-3-4-5(7(10)11)6(9)8(12)13-4/h4-5H,2-3H2,1H3,(H,10,11). The lowest BCUT2D eigenvalue weighted by molar-refractivity contribution is -0.149. The molecule has 0 saturated carbocycles. The number of esters is 1. The van der Waals surface area contributed by atoms with Crippen LogP contribution in [0.2, 0.25) is 0 Å². The van der Waals surface area contributed by atoms with Crippen LogP contribution < -0.4 is 0 Å². The van der Waals surface area contributed by atoms with Gasteiger partial charge in [-0.25, -0.2) is 4.79 Å². The average Bonchev–Trinajstić information content (AvgIpc) is 2.28. The molecule has 0 aromatic carbocycles. The van der Waals surface area contributed by atoms with Gasteiger partial charge in [0, 0.05) is 0 Å². The summed E-state index contributed by atoms with van der Waals surface area (Å²) >= 11 is 0. The average molecular weight is 186 g/mol. The normalized spacial score (nSPS) is 27.5. The molecule has 72 valence electrons. The van der Waals surface area contributed by atoms with E-state index in [1.54, 1.807) is 0 Å². The molecular weight excluding hydrogens is 176 g/mol. The second-order valence-corrected chi connectivity index (χ2v) is 2.91. The molecule has 0 radical (unpaired) electrons. The van der Waals surface area contributed by atoms with Crippen LogP contribution in [0, 0.1) is 5.92 Å². The molecule has 0 bridgehead atoms. The number of rotatable bonds is 3. The van der Waals surface area contributed by atoms with E-state index in [4.69, 9.17) is 5.11 Å². The third-order valence-electron chi connectivity index (χ3n) is 1.95. The summed E-state index contributed by atoms with van der Waals surface area (Å²) in [5.74, 6) is -4.54. The zero-order valence-electron chi connectivity index (χ0n) is 7.15. The second-order valence-electron chi connectivity index (χ2n) is 2.91. The third-order valence-corrected chi connectivity index (χ3v) is 1.95. The van der Waals surface area contributed by atoms with Crippen LogP contribution in [0.1, 0.15) is 19.8 Å². The first-order valence-electron chi connectivity index (χ1n) is 4.05. The van der Waals surface area contributed by atoms with Crippen LogP contribution in [0.25, 0.3) is 0 Å². The summed E-state index contributed by atoms with van der Waals surface area (Å²) in [6.07, 6.45) is 0.311. The lowest BCUT2D eigenvalue weighted by Crippen LogP contribution is -2.29. The van der Waals surface area contributed by atoms with E-state index < -0.39 is 29.7 Å². The Morgan fingerprint density at radius 2 is 2.15 bits per heavy atom. The molecule has 0 amide bonds. The Kier molecular flexibility index (Phi) is 2.65. The Labute approximate surface area is 74.7 Å². The van der Waals surface area contributed by atoms with Crippen molar-refractivity contribution in [1.29, 1.82) is 0 Å². The van der Waals surface area contributed by atoms with Crippen LogP contribution >= 0.6 is 0 Å². The molecule has 1 heterocycles. The number of aliphatic carboxylic acids is 1. The first-order chi connectivity index (χ1) is 6.07. The van der Waals surface area contributed by atoms with Crippen molar-refractivity contribution in [2.45, 2.75) is 25.9 Å². The van der Waals surface area contributed by atoms with Crippen LogP contribution in [0.4, 0.5) is 0 Å². The minimum atomic E-state index is -1.30. The van der Waals surface area contributed by atoms with Gasteiger partial charge in [-0.05, 0) is 6.42 Å². The number of carbonyl (C=O) groups excluding carboxylic acids is 2. The highest BCUT2D eigenvalue weighted by Crippen LogP contribution is 2.22. The van der Waals surface area contributed by atoms with Gasteiger partial charge in [-0.3, -0.25) is 9.59 Å². The molecular formula is C8H10O5. The predicted molar refractivity (Wildman–Crippen MR) is 40.9 cm³/mol. The maximum Gasteiger partial charge on any atom is 0.376 e. The highest BCUT2D eigenvalue weighted by Gasteiger charge is 2.47. The molecule has 0 aromatic heterocycles. The van der Waals surface area contributed by atoms with Gasteiger partial charge in [-0.15, -0.1) is 0 Å². The predicted octanol–water partition coefficient (Wildman–Crippen LogP) is -0.0182. The van der Waals surface area contributed by atoms with Crippen molar-refractivity contribution in [1.82, 2.24) is 0 Å². The van der Waals surface area contributed by atoms with Crippen LogP contribution in [0.5, 0.6) is 0 Å². The molecule has 0 aromatic rings. The summed E-state index contributed by atoms with van der Waals surface area (Å²) in [6.45, 7) is 1.83. The van der Waals surface area contributed by atoms with Crippen LogP contribution in [-0.2, 0) is 19.1 Å². The largest absolute Gasteiger partial charge is 0.481 e. The third kappa shape index (κ3) is 1.68. The fourth-order valence-electron chi connectivity index (χ4n) is 1.34. The van der Waals surface area contributed by atoms with E-state index in [1.165, 1.54) is 0 Å². The van der Waals surface area contributed by atoms with Gasteiger partial charge in [-0.1, -0.05) is 13.3 Å². The Hall–Kier alpha value is -1.39. The molecule has 5 nitrogen and oxygen atoms in total. The first kappa shape index (κ1) is 9.70. The number of hydrogen-bond donors (Lipinski definition) is 1. The minimum Gasteiger partial charge on any atom is -0.481 e. The fourth-order valence-corrected chi connectivity index (χ4v) is 1.34. The van der Waals surface area contributed by atoms with Gasteiger partial charge in [0.25, 0.3) is 5.78 Å². The van der Waals surface area contributed by atoms with Gasteiger partial charge >= 0.3 is 11.9 Å². The molecule has 0 spiro atoms. The number of cyclic esters (lactones) is 1. The Morgan fingerprint density at radius 3 is 2.62 bits per heavy atom. The van der Waals surface area contributed by atoms with E-state index in [9.17, 15) is 14.4 Å². The van der Waals surface area contributed by atoms with E-state index in [-0.39, 0.29) is 0 Å².